The van der Waals surface area contributed by atoms with Crippen LogP contribution in [0.3, 0.4) is 0 Å². The lowest BCUT2D eigenvalue weighted by atomic mass is 10.2. The van der Waals surface area contributed by atoms with Gasteiger partial charge in [-0.3, -0.25) is 4.79 Å². The van der Waals surface area contributed by atoms with Crippen molar-refractivity contribution in [3.8, 4) is 0 Å². The Morgan fingerprint density at radius 3 is 2.71 bits per heavy atom. The number of nitrogens with zero attached hydrogens (tertiary/aromatic N) is 1. The number of benzene rings is 1. The van der Waals surface area contributed by atoms with Crippen LogP contribution < -0.4 is 4.90 Å². The number of carbonyl (C=O) groups is 2. The van der Waals surface area contributed by atoms with Crippen molar-refractivity contribution in [1.82, 2.24) is 0 Å². The third kappa shape index (κ3) is 2.31. The van der Waals surface area contributed by atoms with Gasteiger partial charge in [-0.1, -0.05) is 15.9 Å². The first kappa shape index (κ1) is 12.0. The van der Waals surface area contributed by atoms with Gasteiger partial charge in [0.05, 0.1) is 11.3 Å². The molecular formula is C11H9BrFNO3. The van der Waals surface area contributed by atoms with Crippen molar-refractivity contribution in [2.75, 3.05) is 11.4 Å². The minimum absolute atomic E-state index is 0.00792. The van der Waals surface area contributed by atoms with Crippen molar-refractivity contribution in [1.29, 1.82) is 0 Å². The second kappa shape index (κ2) is 4.44. The quantitative estimate of drug-likeness (QED) is 0.850. The molecule has 2 rings (SSSR count). The zero-order chi connectivity index (χ0) is 12.6. The molecule has 4 nitrogen and oxygen atoms in total. The maximum absolute atomic E-state index is 13.7. The lowest BCUT2D eigenvalue weighted by Gasteiger charge is -2.16. The first-order chi connectivity index (χ1) is 7.99. The van der Waals surface area contributed by atoms with Gasteiger partial charge < -0.3 is 10.0 Å². The van der Waals surface area contributed by atoms with E-state index in [0.29, 0.717) is 13.0 Å². The highest BCUT2D eigenvalue weighted by Crippen LogP contribution is 2.27. The third-order valence-electron chi connectivity index (χ3n) is 2.56. The molecular weight excluding hydrogens is 293 g/mol. The summed E-state index contributed by atoms with van der Waals surface area (Å²) in [5.41, 5.74) is -0.00441. The summed E-state index contributed by atoms with van der Waals surface area (Å²) in [5, 5.41) is 8.70. The standard InChI is InChI=1S/C11H9BrFNO3/c12-7-4-10(15)14(5-7)9-2-1-6(11(16)17)3-8(9)13/h1-3,7H,4-5H2,(H,16,17). The first-order valence-electron chi connectivity index (χ1n) is 4.96. The van der Waals surface area contributed by atoms with Gasteiger partial charge in [0.2, 0.25) is 5.91 Å². The summed E-state index contributed by atoms with van der Waals surface area (Å²) < 4.78 is 13.7. The van der Waals surface area contributed by atoms with E-state index in [4.69, 9.17) is 5.11 Å². The molecule has 1 aromatic rings. The molecule has 0 aromatic heterocycles. The van der Waals surface area contributed by atoms with Gasteiger partial charge in [0.1, 0.15) is 5.82 Å². The maximum atomic E-state index is 13.7. The second-order valence-corrected chi connectivity index (χ2v) is 5.07. The Morgan fingerprint density at radius 1 is 1.53 bits per heavy atom. The molecule has 1 aliphatic heterocycles. The normalized spacial score (nSPS) is 19.8. The lowest BCUT2D eigenvalue weighted by Crippen LogP contribution is -2.25. The fourth-order valence-electron chi connectivity index (χ4n) is 1.76. The molecule has 17 heavy (non-hydrogen) atoms. The Bertz CT molecular complexity index is 492. The van der Waals surface area contributed by atoms with Crippen LogP contribution in [0.5, 0.6) is 0 Å². The molecule has 0 spiro atoms. The summed E-state index contributed by atoms with van der Waals surface area (Å²) in [5.74, 6) is -2.06. The van der Waals surface area contributed by atoms with Gasteiger partial charge in [-0.25, -0.2) is 9.18 Å². The summed E-state index contributed by atoms with van der Waals surface area (Å²) in [6, 6.07) is 3.53. The molecule has 1 amide bonds. The molecule has 1 heterocycles. The topological polar surface area (TPSA) is 57.6 Å². The number of hydrogen-bond acceptors (Lipinski definition) is 2. The predicted octanol–water partition coefficient (Wildman–Crippen LogP) is 2.02. The van der Waals surface area contributed by atoms with Gasteiger partial charge in [0.25, 0.3) is 0 Å². The van der Waals surface area contributed by atoms with Gasteiger partial charge in [0, 0.05) is 17.8 Å². The average molecular weight is 302 g/mol. The molecule has 1 N–H and O–H groups in total. The molecule has 0 radical (unpaired) electrons. The largest absolute Gasteiger partial charge is 0.478 e. The first-order valence-corrected chi connectivity index (χ1v) is 5.88. The van der Waals surface area contributed by atoms with Crippen molar-refractivity contribution in [2.45, 2.75) is 11.2 Å². The van der Waals surface area contributed by atoms with E-state index in [-0.39, 0.29) is 22.0 Å². The highest BCUT2D eigenvalue weighted by Gasteiger charge is 2.30. The number of hydrogen-bond donors (Lipinski definition) is 1. The minimum atomic E-state index is -1.19. The van der Waals surface area contributed by atoms with Gasteiger partial charge in [0.15, 0.2) is 0 Å². The van der Waals surface area contributed by atoms with E-state index in [2.05, 4.69) is 15.9 Å². The fraction of sp³-hybridized carbons (Fsp3) is 0.273. The highest BCUT2D eigenvalue weighted by atomic mass is 79.9. The molecule has 1 unspecified atom stereocenters. The monoisotopic (exact) mass is 301 g/mol. The number of halogens is 2. The van der Waals surface area contributed by atoms with Crippen molar-refractivity contribution in [3.63, 3.8) is 0 Å². The SMILES string of the molecule is O=C(O)c1ccc(N2CC(Br)CC2=O)c(F)c1. The predicted molar refractivity (Wildman–Crippen MR) is 63.0 cm³/mol. The number of rotatable bonds is 2. The number of aromatic carboxylic acids is 1. The molecule has 90 valence electrons. The Hall–Kier alpha value is -1.43. The number of carbonyl (C=O) groups excluding carboxylic acids is 1. The van der Waals surface area contributed by atoms with Crippen LogP contribution in [0, 0.1) is 5.82 Å². The van der Waals surface area contributed by atoms with Gasteiger partial charge in [-0.05, 0) is 18.2 Å². The Morgan fingerprint density at radius 2 is 2.24 bits per heavy atom. The molecule has 0 saturated carbocycles. The van der Waals surface area contributed by atoms with Gasteiger partial charge in [-0.2, -0.15) is 0 Å². The molecule has 6 heteroatoms. The van der Waals surface area contributed by atoms with Crippen LogP contribution in [0.2, 0.25) is 0 Å². The van der Waals surface area contributed by atoms with Crippen molar-refractivity contribution in [3.05, 3.63) is 29.6 Å². The van der Waals surface area contributed by atoms with Crippen molar-refractivity contribution in [2.24, 2.45) is 0 Å². The van der Waals surface area contributed by atoms with E-state index in [1.165, 1.54) is 17.0 Å². The van der Waals surface area contributed by atoms with Crippen LogP contribution in [0.25, 0.3) is 0 Å². The smallest absolute Gasteiger partial charge is 0.335 e. The Labute approximate surface area is 105 Å². The van der Waals surface area contributed by atoms with Crippen LogP contribution in [0.4, 0.5) is 10.1 Å². The van der Waals surface area contributed by atoms with Crippen molar-refractivity contribution < 1.29 is 19.1 Å². The van der Waals surface area contributed by atoms with Gasteiger partial charge >= 0.3 is 5.97 Å². The Kier molecular flexibility index (Phi) is 3.15. The number of anilines is 1. The maximum Gasteiger partial charge on any atom is 0.335 e. The highest BCUT2D eigenvalue weighted by molar-refractivity contribution is 9.09. The van der Waals surface area contributed by atoms with E-state index >= 15 is 0 Å². The van der Waals surface area contributed by atoms with Crippen LogP contribution in [0.15, 0.2) is 18.2 Å². The summed E-state index contributed by atoms with van der Waals surface area (Å²) in [7, 11) is 0. The van der Waals surface area contributed by atoms with Crippen LogP contribution in [0.1, 0.15) is 16.8 Å². The van der Waals surface area contributed by atoms with Crippen molar-refractivity contribution >= 4 is 33.5 Å². The van der Waals surface area contributed by atoms with Gasteiger partial charge in [-0.15, -0.1) is 0 Å². The van der Waals surface area contributed by atoms with E-state index in [1.807, 2.05) is 0 Å². The molecule has 0 bridgehead atoms. The fourth-order valence-corrected chi connectivity index (χ4v) is 2.32. The molecule has 1 atom stereocenters. The average Bonchev–Trinajstić information content (AvgIpc) is 2.57. The van der Waals surface area contributed by atoms with Crippen LogP contribution in [-0.4, -0.2) is 28.4 Å². The molecule has 1 aromatic carbocycles. The third-order valence-corrected chi connectivity index (χ3v) is 3.18. The van der Waals surface area contributed by atoms with Crippen LogP contribution in [-0.2, 0) is 4.79 Å². The number of amides is 1. The molecule has 1 saturated heterocycles. The molecule has 1 aliphatic rings. The van der Waals surface area contributed by atoms with Crippen LogP contribution >= 0.6 is 15.9 Å². The summed E-state index contributed by atoms with van der Waals surface area (Å²) in [6.07, 6.45) is 0.320. The molecule has 1 fully saturated rings. The zero-order valence-electron chi connectivity index (χ0n) is 8.69. The number of carboxylic acids is 1. The van der Waals surface area contributed by atoms with E-state index in [9.17, 15) is 14.0 Å². The Balaban J connectivity index is 2.34. The summed E-state index contributed by atoms with van der Waals surface area (Å²) >= 11 is 3.30. The summed E-state index contributed by atoms with van der Waals surface area (Å²) in [6.45, 7) is 0.391. The number of alkyl halides is 1. The lowest BCUT2D eigenvalue weighted by molar-refractivity contribution is -0.117. The van der Waals surface area contributed by atoms with E-state index < -0.39 is 11.8 Å². The zero-order valence-corrected chi connectivity index (χ0v) is 10.3. The van der Waals surface area contributed by atoms with E-state index in [0.717, 1.165) is 6.07 Å². The summed E-state index contributed by atoms with van der Waals surface area (Å²) in [4.78, 5) is 23.5. The minimum Gasteiger partial charge on any atom is -0.478 e. The molecule has 0 aliphatic carbocycles. The van der Waals surface area contributed by atoms with E-state index in [1.54, 1.807) is 0 Å². The second-order valence-electron chi connectivity index (χ2n) is 3.78. The number of carboxylic acid groups (broad SMARTS) is 1.